The zero-order chi connectivity index (χ0) is 8.39. The maximum absolute atomic E-state index is 11.2. The average molecular weight is 168 g/mol. The summed E-state index contributed by atoms with van der Waals surface area (Å²) in [6.07, 6.45) is 5.19. The van der Waals surface area contributed by atoms with Gasteiger partial charge in [0.25, 0.3) is 0 Å². The molecule has 1 aliphatic heterocycles. The lowest BCUT2D eigenvalue weighted by Crippen LogP contribution is -2.22. The van der Waals surface area contributed by atoms with Gasteiger partial charge in [-0.15, -0.1) is 0 Å². The molecular weight excluding hydrogens is 152 g/mol. The minimum Gasteiger partial charge on any atom is -0.381 e. The smallest absolute Gasteiger partial charge is 0.133 e. The van der Waals surface area contributed by atoms with E-state index in [2.05, 4.69) is 0 Å². The monoisotopic (exact) mass is 168 g/mol. The number of carbonyl (C=O) groups excluding carboxylic acids is 1. The normalized spacial score (nSPS) is 37.2. The summed E-state index contributed by atoms with van der Waals surface area (Å²) >= 11 is 0. The molecule has 1 saturated carbocycles. The van der Waals surface area contributed by atoms with Gasteiger partial charge in [0, 0.05) is 26.1 Å². The molecule has 0 spiro atoms. The van der Waals surface area contributed by atoms with Crippen molar-refractivity contribution >= 4 is 5.78 Å². The van der Waals surface area contributed by atoms with Gasteiger partial charge in [-0.05, 0) is 31.1 Å². The first-order chi connectivity index (χ1) is 5.86. The number of carbonyl (C=O) groups is 1. The van der Waals surface area contributed by atoms with Crippen LogP contribution in [0.15, 0.2) is 0 Å². The van der Waals surface area contributed by atoms with Crippen LogP contribution in [0.4, 0.5) is 0 Å². The molecule has 68 valence electrons. The Morgan fingerprint density at radius 2 is 2.17 bits per heavy atom. The number of ketones is 1. The molecule has 2 heteroatoms. The number of Topliss-reactive ketones (excluding diaryl/α,β-unsaturated/α-hetero) is 1. The Bertz CT molecular complexity index is 171. The lowest BCUT2D eigenvalue weighted by molar-refractivity contribution is -0.122. The highest BCUT2D eigenvalue weighted by molar-refractivity contribution is 5.79. The van der Waals surface area contributed by atoms with Crippen LogP contribution in [0.3, 0.4) is 0 Å². The Hall–Kier alpha value is -0.370. The Morgan fingerprint density at radius 3 is 2.83 bits per heavy atom. The Kier molecular flexibility index (Phi) is 2.45. The molecule has 0 bridgehead atoms. The van der Waals surface area contributed by atoms with Crippen LogP contribution in [0.1, 0.15) is 32.1 Å². The van der Waals surface area contributed by atoms with Crippen LogP contribution in [0.2, 0.25) is 0 Å². The number of ether oxygens (including phenoxy) is 1. The first-order valence-corrected chi connectivity index (χ1v) is 4.95. The number of rotatable bonds is 1. The molecule has 12 heavy (non-hydrogen) atoms. The van der Waals surface area contributed by atoms with E-state index in [0.717, 1.165) is 32.5 Å². The quantitative estimate of drug-likeness (QED) is 0.596. The average Bonchev–Trinajstić information content (AvgIpc) is 2.56. The van der Waals surface area contributed by atoms with Gasteiger partial charge in [-0.25, -0.2) is 0 Å². The molecule has 2 rings (SSSR count). The lowest BCUT2D eigenvalue weighted by Gasteiger charge is -2.25. The van der Waals surface area contributed by atoms with E-state index in [4.69, 9.17) is 4.74 Å². The fourth-order valence-electron chi connectivity index (χ4n) is 2.38. The molecule has 2 nitrogen and oxygen atoms in total. The molecule has 0 unspecified atom stereocenters. The standard InChI is InChI=1S/C10H16O2/c11-10-3-1-2-8(6-10)9-4-5-12-7-9/h8-9H,1-7H2/t8-,9+/m0/s1. The molecule has 0 aromatic carbocycles. The van der Waals surface area contributed by atoms with Crippen molar-refractivity contribution in [2.24, 2.45) is 11.8 Å². The third-order valence-corrected chi connectivity index (χ3v) is 3.15. The Balaban J connectivity index is 1.89. The first-order valence-electron chi connectivity index (χ1n) is 4.95. The van der Waals surface area contributed by atoms with Gasteiger partial charge in [-0.2, -0.15) is 0 Å². The first kappa shape index (κ1) is 8.24. The minimum absolute atomic E-state index is 0.471. The second kappa shape index (κ2) is 3.56. The fourth-order valence-corrected chi connectivity index (χ4v) is 2.38. The van der Waals surface area contributed by atoms with Crippen molar-refractivity contribution in [2.45, 2.75) is 32.1 Å². The van der Waals surface area contributed by atoms with E-state index in [1.165, 1.54) is 12.8 Å². The molecule has 1 aliphatic carbocycles. The van der Waals surface area contributed by atoms with Crippen LogP contribution in [0.5, 0.6) is 0 Å². The summed E-state index contributed by atoms with van der Waals surface area (Å²) in [6, 6.07) is 0. The van der Waals surface area contributed by atoms with E-state index in [1.807, 2.05) is 0 Å². The van der Waals surface area contributed by atoms with Crippen LogP contribution in [-0.2, 0) is 9.53 Å². The zero-order valence-corrected chi connectivity index (χ0v) is 7.42. The third kappa shape index (κ3) is 1.69. The maximum Gasteiger partial charge on any atom is 0.133 e. The van der Waals surface area contributed by atoms with Crippen molar-refractivity contribution in [3.63, 3.8) is 0 Å². The molecule has 0 aromatic rings. The van der Waals surface area contributed by atoms with E-state index in [9.17, 15) is 4.79 Å². The molecule has 0 amide bonds. The highest BCUT2D eigenvalue weighted by Crippen LogP contribution is 2.32. The molecular formula is C10H16O2. The summed E-state index contributed by atoms with van der Waals surface area (Å²) in [4.78, 5) is 11.2. The van der Waals surface area contributed by atoms with Crippen molar-refractivity contribution in [1.82, 2.24) is 0 Å². The third-order valence-electron chi connectivity index (χ3n) is 3.15. The second-order valence-electron chi connectivity index (χ2n) is 4.02. The van der Waals surface area contributed by atoms with Crippen LogP contribution in [0, 0.1) is 11.8 Å². The van der Waals surface area contributed by atoms with Crippen molar-refractivity contribution < 1.29 is 9.53 Å². The summed E-state index contributed by atoms with van der Waals surface area (Å²) in [6.45, 7) is 1.81. The molecule has 1 heterocycles. The molecule has 1 saturated heterocycles. The highest BCUT2D eigenvalue weighted by atomic mass is 16.5. The van der Waals surface area contributed by atoms with Crippen LogP contribution < -0.4 is 0 Å². The Morgan fingerprint density at radius 1 is 1.25 bits per heavy atom. The highest BCUT2D eigenvalue weighted by Gasteiger charge is 2.29. The SMILES string of the molecule is O=C1CCC[C@H]([C@@H]2CCOC2)C1. The van der Waals surface area contributed by atoms with Crippen molar-refractivity contribution in [1.29, 1.82) is 0 Å². The van der Waals surface area contributed by atoms with Gasteiger partial charge in [0.05, 0.1) is 0 Å². The molecule has 0 N–H and O–H groups in total. The van der Waals surface area contributed by atoms with E-state index >= 15 is 0 Å². The molecule has 2 atom stereocenters. The van der Waals surface area contributed by atoms with E-state index in [-0.39, 0.29) is 0 Å². The van der Waals surface area contributed by atoms with E-state index in [1.54, 1.807) is 0 Å². The van der Waals surface area contributed by atoms with Crippen LogP contribution in [-0.4, -0.2) is 19.0 Å². The van der Waals surface area contributed by atoms with Gasteiger partial charge in [-0.1, -0.05) is 0 Å². The molecule has 2 fully saturated rings. The zero-order valence-electron chi connectivity index (χ0n) is 7.42. The summed E-state index contributed by atoms with van der Waals surface area (Å²) < 4.78 is 5.33. The van der Waals surface area contributed by atoms with E-state index in [0.29, 0.717) is 17.6 Å². The minimum atomic E-state index is 0.471. The summed E-state index contributed by atoms with van der Waals surface area (Å²) in [7, 11) is 0. The number of hydrogen-bond donors (Lipinski definition) is 0. The maximum atomic E-state index is 11.2. The van der Waals surface area contributed by atoms with E-state index < -0.39 is 0 Å². The molecule has 0 radical (unpaired) electrons. The van der Waals surface area contributed by atoms with Crippen molar-refractivity contribution in [2.75, 3.05) is 13.2 Å². The predicted molar refractivity (Wildman–Crippen MR) is 45.9 cm³/mol. The second-order valence-corrected chi connectivity index (χ2v) is 4.02. The summed E-state index contributed by atoms with van der Waals surface area (Å²) in [5.74, 6) is 1.81. The van der Waals surface area contributed by atoms with Gasteiger partial charge >= 0.3 is 0 Å². The van der Waals surface area contributed by atoms with Crippen LogP contribution >= 0.6 is 0 Å². The topological polar surface area (TPSA) is 26.3 Å². The van der Waals surface area contributed by atoms with Gasteiger partial charge in [0.2, 0.25) is 0 Å². The molecule has 0 aromatic heterocycles. The Labute approximate surface area is 73.3 Å². The van der Waals surface area contributed by atoms with Crippen molar-refractivity contribution in [3.8, 4) is 0 Å². The predicted octanol–water partition coefficient (Wildman–Crippen LogP) is 1.78. The largest absolute Gasteiger partial charge is 0.381 e. The number of hydrogen-bond acceptors (Lipinski definition) is 2. The van der Waals surface area contributed by atoms with Gasteiger partial charge in [-0.3, -0.25) is 4.79 Å². The van der Waals surface area contributed by atoms with Gasteiger partial charge in [0.15, 0.2) is 0 Å². The van der Waals surface area contributed by atoms with Gasteiger partial charge < -0.3 is 4.74 Å². The van der Waals surface area contributed by atoms with Gasteiger partial charge in [0.1, 0.15) is 5.78 Å². The molecule has 2 aliphatic rings. The van der Waals surface area contributed by atoms with Crippen LogP contribution in [0.25, 0.3) is 0 Å². The summed E-state index contributed by atoms with van der Waals surface area (Å²) in [5, 5.41) is 0. The van der Waals surface area contributed by atoms with Crippen molar-refractivity contribution in [3.05, 3.63) is 0 Å². The fraction of sp³-hybridized carbons (Fsp3) is 0.900. The summed E-state index contributed by atoms with van der Waals surface area (Å²) in [5.41, 5.74) is 0. The lowest BCUT2D eigenvalue weighted by atomic mass is 9.79.